The van der Waals surface area contributed by atoms with Crippen molar-refractivity contribution in [3.8, 4) is 0 Å². The van der Waals surface area contributed by atoms with Crippen LogP contribution in [0.25, 0.3) is 0 Å². The van der Waals surface area contributed by atoms with E-state index in [2.05, 4.69) is 0 Å². The molecule has 1 atom stereocenters. The van der Waals surface area contributed by atoms with Gasteiger partial charge in [0.2, 0.25) is 0 Å². The van der Waals surface area contributed by atoms with E-state index in [1.54, 1.807) is 0 Å². The van der Waals surface area contributed by atoms with Crippen molar-refractivity contribution in [1.29, 1.82) is 0 Å². The molecular weight excluding hydrogens is 358 g/mol. The van der Waals surface area contributed by atoms with Crippen molar-refractivity contribution < 1.29 is 52.4 Å². The van der Waals surface area contributed by atoms with Gasteiger partial charge in [-0.2, -0.15) is 0 Å². The van der Waals surface area contributed by atoms with E-state index >= 15 is 0 Å². The fourth-order valence-electron chi connectivity index (χ4n) is 2.24. The van der Waals surface area contributed by atoms with Crippen LogP contribution in [0.5, 0.6) is 0 Å². The standard InChI is InChI=1S/C15H28NO4.ClHO4/c1-11-8-16(11,9-12(17)19-14(2,3)4)10-13(18)20-15(5,6)7;2-1(3,4)5/h11H,8-10H2,1-7H3;(H,2,3,4,5)/q+1;/p-1. The van der Waals surface area contributed by atoms with Gasteiger partial charge in [-0.1, -0.05) is 0 Å². The van der Waals surface area contributed by atoms with Gasteiger partial charge in [0, 0.05) is 0 Å². The molecule has 0 aromatic heterocycles. The molecule has 0 spiro atoms. The molecule has 10 heteroatoms. The molecule has 0 radical (unpaired) electrons. The van der Waals surface area contributed by atoms with E-state index in [-0.39, 0.29) is 25.0 Å². The van der Waals surface area contributed by atoms with Crippen LogP contribution in [0.3, 0.4) is 0 Å². The smallest absolute Gasteiger partial charge is 0.362 e. The summed E-state index contributed by atoms with van der Waals surface area (Å²) in [5, 5.41) is 0. The fourth-order valence-corrected chi connectivity index (χ4v) is 2.24. The summed E-state index contributed by atoms with van der Waals surface area (Å²) in [5.74, 6) is -0.518. The van der Waals surface area contributed by atoms with E-state index in [1.807, 2.05) is 48.5 Å². The molecule has 0 aromatic carbocycles. The molecule has 0 amide bonds. The van der Waals surface area contributed by atoms with E-state index in [4.69, 9.17) is 28.1 Å². The van der Waals surface area contributed by atoms with Crippen LogP contribution in [-0.4, -0.2) is 53.3 Å². The lowest BCUT2D eigenvalue weighted by molar-refractivity contribution is -2.00. The van der Waals surface area contributed by atoms with E-state index < -0.39 is 21.4 Å². The highest BCUT2D eigenvalue weighted by molar-refractivity contribution is 5.74. The van der Waals surface area contributed by atoms with Crippen LogP contribution in [-0.2, 0) is 19.1 Å². The maximum atomic E-state index is 11.9. The van der Waals surface area contributed by atoms with Crippen molar-refractivity contribution in [2.24, 2.45) is 0 Å². The monoisotopic (exact) mass is 385 g/mol. The maximum absolute atomic E-state index is 11.9. The number of rotatable bonds is 4. The predicted molar refractivity (Wildman–Crippen MR) is 76.0 cm³/mol. The first-order chi connectivity index (χ1) is 10.8. The first-order valence-electron chi connectivity index (χ1n) is 7.74. The second-order valence-corrected chi connectivity index (χ2v) is 8.87. The Morgan fingerprint density at radius 2 is 1.16 bits per heavy atom. The van der Waals surface area contributed by atoms with Crippen molar-refractivity contribution in [1.82, 2.24) is 0 Å². The predicted octanol–water partition coefficient (Wildman–Crippen LogP) is -2.87. The number of hydrogen-bond acceptors (Lipinski definition) is 8. The quantitative estimate of drug-likeness (QED) is 0.285. The van der Waals surface area contributed by atoms with Crippen LogP contribution in [0.2, 0.25) is 0 Å². The van der Waals surface area contributed by atoms with E-state index in [1.165, 1.54) is 0 Å². The summed E-state index contributed by atoms with van der Waals surface area (Å²) in [7, 11) is -4.94. The lowest BCUT2D eigenvalue weighted by Crippen LogP contribution is -2.68. The minimum atomic E-state index is -4.94. The second-order valence-electron chi connectivity index (χ2n) is 8.12. The topological polar surface area (TPSA) is 145 Å². The highest BCUT2D eigenvalue weighted by Gasteiger charge is 2.55. The molecule has 0 aliphatic carbocycles. The molecule has 148 valence electrons. The normalized spacial score (nSPS) is 19.4. The molecule has 1 aliphatic rings. The molecule has 25 heavy (non-hydrogen) atoms. The number of quaternary nitrogens is 1. The first-order valence-corrected chi connectivity index (χ1v) is 8.98. The molecule has 1 saturated heterocycles. The Balaban J connectivity index is 0.00000101. The van der Waals surface area contributed by atoms with Gasteiger partial charge in [0.05, 0.1) is 0 Å². The fraction of sp³-hybridized carbons (Fsp3) is 0.867. The summed E-state index contributed by atoms with van der Waals surface area (Å²) in [6, 6.07) is 0.301. The van der Waals surface area contributed by atoms with Crippen LogP contribution < -0.4 is 18.6 Å². The molecule has 0 saturated carbocycles. The van der Waals surface area contributed by atoms with Crippen molar-refractivity contribution in [2.45, 2.75) is 65.7 Å². The van der Waals surface area contributed by atoms with Crippen LogP contribution in [0.4, 0.5) is 0 Å². The lowest BCUT2D eigenvalue weighted by atomic mass is 10.2. The lowest BCUT2D eigenvalue weighted by Gasteiger charge is -2.25. The third-order valence-corrected chi connectivity index (χ3v) is 3.16. The number of halogens is 1. The van der Waals surface area contributed by atoms with Gasteiger partial charge in [-0.3, -0.25) is 4.48 Å². The van der Waals surface area contributed by atoms with Gasteiger partial charge in [-0.25, -0.2) is 28.2 Å². The van der Waals surface area contributed by atoms with Gasteiger partial charge in [-0.15, -0.1) is 10.2 Å². The number of carbonyl (C=O) groups excluding carboxylic acids is 2. The minimum Gasteiger partial charge on any atom is -0.456 e. The van der Waals surface area contributed by atoms with Gasteiger partial charge in [0.1, 0.15) is 23.8 Å². The highest BCUT2D eigenvalue weighted by Crippen LogP contribution is 2.31. The van der Waals surface area contributed by atoms with Gasteiger partial charge < -0.3 is 9.47 Å². The van der Waals surface area contributed by atoms with Crippen molar-refractivity contribution in [2.75, 3.05) is 19.6 Å². The minimum absolute atomic E-state index is 0.234. The van der Waals surface area contributed by atoms with Crippen LogP contribution in [0.1, 0.15) is 48.5 Å². The van der Waals surface area contributed by atoms with Gasteiger partial charge in [0.25, 0.3) is 0 Å². The number of ether oxygens (including phenoxy) is 2. The van der Waals surface area contributed by atoms with Crippen molar-refractivity contribution in [3.63, 3.8) is 0 Å². The molecule has 0 N–H and O–H groups in total. The van der Waals surface area contributed by atoms with E-state index in [0.29, 0.717) is 10.5 Å². The SMILES string of the molecule is CC1C[N+]1(CC(=O)OC(C)(C)C)CC(=O)OC(C)(C)C.[O-][Cl+3]([O-])([O-])[O-]. The summed E-state index contributed by atoms with van der Waals surface area (Å²) in [5.41, 5.74) is -0.988. The average Bonchev–Trinajstić information content (AvgIpc) is 2.77. The second kappa shape index (κ2) is 8.15. The third kappa shape index (κ3) is 13.0. The Bertz CT molecular complexity index is 439. The van der Waals surface area contributed by atoms with Crippen LogP contribution in [0.15, 0.2) is 0 Å². The molecule has 1 unspecified atom stereocenters. The largest absolute Gasteiger partial charge is 0.456 e. The Morgan fingerprint density at radius 1 is 0.920 bits per heavy atom. The molecular formula is C15H28ClNO8. The Hall–Kier alpha value is -0.970. The zero-order valence-electron chi connectivity index (χ0n) is 15.8. The Morgan fingerprint density at radius 3 is 1.32 bits per heavy atom. The Kier molecular flexibility index (Phi) is 7.83. The van der Waals surface area contributed by atoms with Crippen molar-refractivity contribution >= 4 is 11.9 Å². The summed E-state index contributed by atoms with van der Waals surface area (Å²) in [4.78, 5) is 23.9. The van der Waals surface area contributed by atoms with Crippen LogP contribution in [0, 0.1) is 10.2 Å². The maximum Gasteiger partial charge on any atom is 0.362 e. The number of esters is 2. The molecule has 0 bridgehead atoms. The van der Waals surface area contributed by atoms with E-state index in [9.17, 15) is 9.59 Å². The zero-order chi connectivity index (χ0) is 20.3. The number of nitrogens with zero attached hydrogens (tertiary/aromatic N) is 1. The Labute approximate surface area is 150 Å². The number of hydrogen-bond donors (Lipinski definition) is 0. The first kappa shape index (κ1) is 24.0. The van der Waals surface area contributed by atoms with Gasteiger partial charge >= 0.3 is 11.9 Å². The molecule has 9 nitrogen and oxygen atoms in total. The third-order valence-electron chi connectivity index (χ3n) is 3.16. The summed E-state index contributed by atoms with van der Waals surface area (Å²) in [6.07, 6.45) is 0. The molecule has 1 aliphatic heterocycles. The molecule has 1 heterocycles. The van der Waals surface area contributed by atoms with Crippen molar-refractivity contribution in [3.05, 3.63) is 0 Å². The highest BCUT2D eigenvalue weighted by atomic mass is 35.7. The van der Waals surface area contributed by atoms with Crippen LogP contribution >= 0.6 is 0 Å². The molecule has 1 rings (SSSR count). The van der Waals surface area contributed by atoms with Gasteiger partial charge in [-0.05, 0) is 48.5 Å². The van der Waals surface area contributed by atoms with E-state index in [0.717, 1.165) is 6.54 Å². The summed E-state index contributed by atoms with van der Waals surface area (Å²) >= 11 is 0. The average molecular weight is 386 g/mol. The summed E-state index contributed by atoms with van der Waals surface area (Å²) < 4.78 is 45.1. The zero-order valence-corrected chi connectivity index (χ0v) is 16.5. The molecule has 1 fully saturated rings. The van der Waals surface area contributed by atoms with Gasteiger partial charge in [0.15, 0.2) is 13.1 Å². The summed E-state index contributed by atoms with van der Waals surface area (Å²) in [6.45, 7) is 14.4. The number of carbonyl (C=O) groups is 2. The molecule has 0 aromatic rings.